The summed E-state index contributed by atoms with van der Waals surface area (Å²) >= 11 is 1.42. The average Bonchev–Trinajstić information content (AvgIpc) is 3.73. The first-order chi connectivity index (χ1) is 27.1. The number of hydrogen-bond donors (Lipinski definition) is 5. The zero-order valence-electron chi connectivity index (χ0n) is 30.6. The highest BCUT2D eigenvalue weighted by Gasteiger charge is 2.32. The summed E-state index contributed by atoms with van der Waals surface area (Å²) in [5.41, 5.74) is 3.92. The lowest BCUT2D eigenvalue weighted by molar-refractivity contribution is -0.142. The van der Waals surface area contributed by atoms with Gasteiger partial charge in [-0.15, -0.1) is 11.3 Å². The smallest absolute Gasteiger partial charge is 0.326 e. The van der Waals surface area contributed by atoms with Crippen LogP contribution in [0.3, 0.4) is 0 Å². The molecule has 12 nitrogen and oxygen atoms in total. The third-order valence-corrected chi connectivity index (χ3v) is 10.2. The number of aliphatic carboxylic acids is 1. The molecule has 0 fully saturated rings. The van der Waals surface area contributed by atoms with Crippen LogP contribution in [-0.4, -0.2) is 72.6 Å². The monoisotopic (exact) mass is 774 g/mol. The minimum Gasteiger partial charge on any atom is -0.497 e. The van der Waals surface area contributed by atoms with Crippen LogP contribution in [0.2, 0.25) is 0 Å². The summed E-state index contributed by atoms with van der Waals surface area (Å²) < 4.78 is 11.1. The standard InChI is InChI=1S/C43H42N4O8S/c1-54-33-10-5-7-29(21-33)24-36-41(50)47-38(43(52)53)23-28-14-18-32(19-15-28)55-26-39(48)44-37(25-34-11-6-20-56-34)42(51)45-35(40(49)46-36)22-27-12-16-31(17-13-27)30-8-3-2-4-9-30/h2-21,35-38H,22-26H2,1H3,(H,44,48)(H,45,51)(H,46,49)(H,47,50)(H,52,53)/t35-,36+,37+,38+/m1/s1. The van der Waals surface area contributed by atoms with Crippen molar-refractivity contribution in [3.8, 4) is 22.6 Å². The molecule has 4 aromatic carbocycles. The summed E-state index contributed by atoms with van der Waals surface area (Å²) in [6.07, 6.45) is 0.108. The lowest BCUT2D eigenvalue weighted by atomic mass is 9.99. The number of carboxylic acids is 1. The number of thiophene rings is 1. The van der Waals surface area contributed by atoms with Gasteiger partial charge in [0.25, 0.3) is 5.91 Å². The molecule has 2 aliphatic heterocycles. The van der Waals surface area contributed by atoms with E-state index in [2.05, 4.69) is 21.3 Å². The topological polar surface area (TPSA) is 172 Å². The van der Waals surface area contributed by atoms with E-state index < -0.39 is 60.4 Å². The molecule has 5 N–H and O–H groups in total. The Balaban J connectivity index is 1.35. The summed E-state index contributed by atoms with van der Waals surface area (Å²) in [5, 5.41) is 23.1. The van der Waals surface area contributed by atoms with E-state index in [1.54, 1.807) is 48.5 Å². The molecule has 0 saturated heterocycles. The van der Waals surface area contributed by atoms with Gasteiger partial charge in [-0.1, -0.05) is 84.9 Å². The molecule has 0 aliphatic carbocycles. The lowest BCUT2D eigenvalue weighted by Crippen LogP contribution is -2.59. The van der Waals surface area contributed by atoms with Crippen molar-refractivity contribution in [3.63, 3.8) is 0 Å². The van der Waals surface area contributed by atoms with Gasteiger partial charge in [0, 0.05) is 30.6 Å². The molecule has 56 heavy (non-hydrogen) atoms. The Labute approximate surface area is 328 Å². The van der Waals surface area contributed by atoms with Crippen molar-refractivity contribution in [1.82, 2.24) is 21.3 Å². The SMILES string of the molecule is COc1cccc(C[C@@H]2NC(=O)[C@@H](Cc3ccc(-c4ccccc4)cc3)NC(=O)[C@H](Cc3cccs3)NC(=O)COc3ccc(cc3)C[C@@H](C(=O)O)NC2=O)c1. The van der Waals surface area contributed by atoms with Gasteiger partial charge in [-0.05, 0) is 63.5 Å². The van der Waals surface area contributed by atoms with Crippen molar-refractivity contribution in [2.75, 3.05) is 13.7 Å². The molecule has 0 unspecified atom stereocenters. The molecule has 288 valence electrons. The minimum atomic E-state index is -1.34. The number of amides is 4. The fourth-order valence-electron chi connectivity index (χ4n) is 6.35. The van der Waals surface area contributed by atoms with Crippen LogP contribution < -0.4 is 30.7 Å². The summed E-state index contributed by atoms with van der Waals surface area (Å²) in [6.45, 7) is -0.398. The second-order valence-corrected chi connectivity index (χ2v) is 14.4. The third-order valence-electron chi connectivity index (χ3n) is 9.33. The summed E-state index contributed by atoms with van der Waals surface area (Å²) in [4.78, 5) is 69.0. The van der Waals surface area contributed by atoms with Crippen LogP contribution in [0, 0.1) is 0 Å². The van der Waals surface area contributed by atoms with E-state index in [9.17, 15) is 29.1 Å². The maximum Gasteiger partial charge on any atom is 0.326 e. The second-order valence-electron chi connectivity index (χ2n) is 13.4. The largest absolute Gasteiger partial charge is 0.497 e. The Morgan fingerprint density at radius 1 is 0.696 bits per heavy atom. The maximum atomic E-state index is 14.4. The fraction of sp³-hybridized carbons (Fsp3) is 0.233. The molecule has 1 aromatic heterocycles. The number of carbonyl (C=O) groups is 5. The van der Waals surface area contributed by atoms with E-state index >= 15 is 0 Å². The van der Waals surface area contributed by atoms with E-state index in [-0.39, 0.29) is 25.7 Å². The number of carboxylic acid groups (broad SMARTS) is 1. The van der Waals surface area contributed by atoms with Gasteiger partial charge >= 0.3 is 5.97 Å². The third kappa shape index (κ3) is 10.8. The predicted octanol–water partition coefficient (Wildman–Crippen LogP) is 4.11. The Hall–Kier alpha value is -6.47. The van der Waals surface area contributed by atoms with Crippen molar-refractivity contribution >= 4 is 40.9 Å². The molecule has 0 spiro atoms. The van der Waals surface area contributed by atoms with Gasteiger partial charge in [0.15, 0.2) is 6.61 Å². The highest BCUT2D eigenvalue weighted by molar-refractivity contribution is 7.09. The number of rotatable bonds is 9. The number of ether oxygens (including phenoxy) is 2. The van der Waals surface area contributed by atoms with Gasteiger partial charge in [-0.3, -0.25) is 19.2 Å². The molecular formula is C43H42N4O8S. The number of nitrogens with one attached hydrogen (secondary N) is 4. The summed E-state index contributed by atoms with van der Waals surface area (Å²) in [6, 6.07) is 29.6. The van der Waals surface area contributed by atoms with Crippen LogP contribution in [0.1, 0.15) is 21.6 Å². The number of benzene rings is 4. The number of methoxy groups -OCH3 is 1. The number of fused-ring (bicyclic) bond motifs is 16. The summed E-state index contributed by atoms with van der Waals surface area (Å²) in [5.74, 6) is -2.97. The highest BCUT2D eigenvalue weighted by Crippen LogP contribution is 2.21. The molecule has 0 saturated carbocycles. The van der Waals surface area contributed by atoms with Crippen LogP contribution in [0.25, 0.3) is 11.1 Å². The molecule has 2 bridgehead atoms. The van der Waals surface area contributed by atoms with Gasteiger partial charge in [0.2, 0.25) is 17.7 Å². The predicted molar refractivity (Wildman–Crippen MR) is 211 cm³/mol. The van der Waals surface area contributed by atoms with Crippen molar-refractivity contribution in [1.29, 1.82) is 0 Å². The van der Waals surface area contributed by atoms with Crippen molar-refractivity contribution in [2.45, 2.75) is 49.9 Å². The van der Waals surface area contributed by atoms with Crippen LogP contribution in [0.15, 0.2) is 121 Å². The van der Waals surface area contributed by atoms with E-state index in [0.717, 1.165) is 21.6 Å². The van der Waals surface area contributed by atoms with Crippen LogP contribution >= 0.6 is 11.3 Å². The van der Waals surface area contributed by atoms with E-state index in [0.29, 0.717) is 22.6 Å². The molecule has 5 aromatic rings. The van der Waals surface area contributed by atoms with Gasteiger partial charge in [0.05, 0.1) is 7.11 Å². The molecule has 7 rings (SSSR count). The normalized spacial score (nSPS) is 19.5. The molecule has 4 atom stereocenters. The van der Waals surface area contributed by atoms with Crippen molar-refractivity contribution in [3.05, 3.63) is 142 Å². The molecule has 4 amide bonds. The van der Waals surface area contributed by atoms with Crippen LogP contribution in [0.5, 0.6) is 11.5 Å². The first-order valence-electron chi connectivity index (χ1n) is 18.1. The first-order valence-corrected chi connectivity index (χ1v) is 19.0. The Kier molecular flexibility index (Phi) is 13.1. The van der Waals surface area contributed by atoms with Crippen molar-refractivity contribution < 1.29 is 38.6 Å². The van der Waals surface area contributed by atoms with Crippen LogP contribution in [-0.2, 0) is 49.7 Å². The molecule has 13 heteroatoms. The van der Waals surface area contributed by atoms with E-state index in [1.807, 2.05) is 72.1 Å². The zero-order valence-corrected chi connectivity index (χ0v) is 31.4. The average molecular weight is 775 g/mol. The Morgan fingerprint density at radius 3 is 1.98 bits per heavy atom. The fourth-order valence-corrected chi connectivity index (χ4v) is 7.10. The molecular weight excluding hydrogens is 733 g/mol. The number of carbonyl (C=O) groups excluding carboxylic acids is 4. The Morgan fingerprint density at radius 2 is 1.34 bits per heavy atom. The molecule has 2 aliphatic rings. The van der Waals surface area contributed by atoms with Crippen LogP contribution in [0.4, 0.5) is 0 Å². The number of hydrogen-bond acceptors (Lipinski definition) is 8. The first kappa shape index (κ1) is 39.2. The maximum absolute atomic E-state index is 14.4. The van der Waals surface area contributed by atoms with Gasteiger partial charge < -0.3 is 35.8 Å². The van der Waals surface area contributed by atoms with Gasteiger partial charge in [-0.2, -0.15) is 0 Å². The second kappa shape index (κ2) is 18.7. The van der Waals surface area contributed by atoms with Gasteiger partial charge in [0.1, 0.15) is 35.7 Å². The minimum absolute atomic E-state index is 0.0172. The zero-order chi connectivity index (χ0) is 39.4. The Bertz CT molecular complexity index is 2130. The quantitative estimate of drug-likeness (QED) is 0.139. The highest BCUT2D eigenvalue weighted by atomic mass is 32.1. The van der Waals surface area contributed by atoms with E-state index in [4.69, 9.17) is 9.47 Å². The molecule has 3 heterocycles. The lowest BCUT2D eigenvalue weighted by Gasteiger charge is -2.26. The van der Waals surface area contributed by atoms with E-state index in [1.165, 1.54) is 18.4 Å². The van der Waals surface area contributed by atoms with Gasteiger partial charge in [-0.25, -0.2) is 4.79 Å². The van der Waals surface area contributed by atoms with Crippen molar-refractivity contribution in [2.24, 2.45) is 0 Å². The molecule has 0 radical (unpaired) electrons. The summed E-state index contributed by atoms with van der Waals surface area (Å²) in [7, 11) is 1.51.